The van der Waals surface area contributed by atoms with Crippen molar-refractivity contribution in [1.29, 1.82) is 0 Å². The normalized spacial score (nSPS) is 25.2. The van der Waals surface area contributed by atoms with Gasteiger partial charge in [-0.05, 0) is 18.9 Å². The van der Waals surface area contributed by atoms with E-state index in [9.17, 15) is 31.5 Å². The molecule has 1 saturated heterocycles. The number of benzene rings is 1. The highest BCUT2D eigenvalue weighted by molar-refractivity contribution is 7.92. The summed E-state index contributed by atoms with van der Waals surface area (Å²) in [6.07, 6.45) is -0.0555. The standard InChI is InChI=1S/C16H19F3N4O4S/c17-14-10-1-9(6-20-5-8-3-16(18,19)4-8)21-11(10)2-12(24)15(14)23-7-13(25)22-28(23,26)27/h2,8-9,20-21,24H,1,3-7H2,(H,22,25)/t9-/m1/s1. The van der Waals surface area contributed by atoms with Crippen molar-refractivity contribution in [2.24, 2.45) is 5.92 Å². The number of carbonyl (C=O) groups is 1. The van der Waals surface area contributed by atoms with E-state index in [1.54, 1.807) is 4.72 Å². The monoisotopic (exact) mass is 420 g/mol. The number of fused-ring (bicyclic) bond motifs is 1. The van der Waals surface area contributed by atoms with Crippen LogP contribution in [0.15, 0.2) is 6.07 Å². The third kappa shape index (κ3) is 3.34. The van der Waals surface area contributed by atoms with Crippen LogP contribution in [0.25, 0.3) is 0 Å². The zero-order chi connectivity index (χ0) is 20.3. The number of phenols is 1. The van der Waals surface area contributed by atoms with Gasteiger partial charge >= 0.3 is 10.2 Å². The number of alkyl halides is 2. The molecule has 2 heterocycles. The minimum Gasteiger partial charge on any atom is -0.506 e. The van der Waals surface area contributed by atoms with Crippen molar-refractivity contribution >= 4 is 27.5 Å². The second kappa shape index (κ2) is 6.41. The molecule has 1 amide bonds. The minimum absolute atomic E-state index is 0.0865. The molecule has 4 N–H and O–H groups in total. The third-order valence-electron chi connectivity index (χ3n) is 5.20. The molecule has 2 aliphatic heterocycles. The van der Waals surface area contributed by atoms with Gasteiger partial charge in [-0.25, -0.2) is 22.2 Å². The molecule has 1 atom stereocenters. The molecule has 0 radical (unpaired) electrons. The van der Waals surface area contributed by atoms with Gasteiger partial charge in [-0.1, -0.05) is 0 Å². The van der Waals surface area contributed by atoms with Gasteiger partial charge in [-0.3, -0.25) is 4.79 Å². The third-order valence-corrected chi connectivity index (χ3v) is 6.58. The molecule has 8 nitrogen and oxygen atoms in total. The quantitative estimate of drug-likeness (QED) is 0.558. The molecule has 12 heteroatoms. The summed E-state index contributed by atoms with van der Waals surface area (Å²) < 4.78 is 66.8. The van der Waals surface area contributed by atoms with E-state index < -0.39 is 45.8 Å². The Morgan fingerprint density at radius 2 is 2.04 bits per heavy atom. The van der Waals surface area contributed by atoms with Crippen LogP contribution < -0.4 is 19.7 Å². The van der Waals surface area contributed by atoms with Gasteiger partial charge in [0.25, 0.3) is 5.91 Å². The molecule has 0 bridgehead atoms. The van der Waals surface area contributed by atoms with Gasteiger partial charge in [0.15, 0.2) is 5.82 Å². The van der Waals surface area contributed by atoms with Gasteiger partial charge in [0.2, 0.25) is 5.92 Å². The fourth-order valence-corrected chi connectivity index (χ4v) is 5.07. The van der Waals surface area contributed by atoms with Crippen LogP contribution in [0.5, 0.6) is 5.75 Å². The van der Waals surface area contributed by atoms with Crippen LogP contribution in [0.2, 0.25) is 0 Å². The van der Waals surface area contributed by atoms with Crippen LogP contribution in [0.3, 0.4) is 0 Å². The number of nitrogens with zero attached hydrogens (tertiary/aromatic N) is 1. The highest BCUT2D eigenvalue weighted by Crippen LogP contribution is 2.43. The zero-order valence-corrected chi connectivity index (χ0v) is 15.5. The summed E-state index contributed by atoms with van der Waals surface area (Å²) in [5.74, 6) is -4.99. The summed E-state index contributed by atoms with van der Waals surface area (Å²) in [6.45, 7) is 0.216. The maximum absolute atomic E-state index is 15.0. The lowest BCUT2D eigenvalue weighted by Gasteiger charge is -2.35. The van der Waals surface area contributed by atoms with Crippen LogP contribution in [-0.2, 0) is 21.4 Å². The van der Waals surface area contributed by atoms with Crippen LogP contribution >= 0.6 is 0 Å². The average molecular weight is 420 g/mol. The van der Waals surface area contributed by atoms with E-state index >= 15 is 0 Å². The van der Waals surface area contributed by atoms with Gasteiger partial charge in [0.05, 0.1) is 0 Å². The Bertz CT molecular complexity index is 932. The Kier molecular flexibility index (Phi) is 4.38. The molecule has 1 aliphatic carbocycles. The van der Waals surface area contributed by atoms with Crippen LogP contribution in [0, 0.1) is 11.7 Å². The Balaban J connectivity index is 1.45. The van der Waals surface area contributed by atoms with Crippen molar-refractivity contribution in [1.82, 2.24) is 10.0 Å². The minimum atomic E-state index is -4.26. The van der Waals surface area contributed by atoms with E-state index in [2.05, 4.69) is 10.6 Å². The van der Waals surface area contributed by atoms with E-state index in [0.717, 1.165) is 0 Å². The van der Waals surface area contributed by atoms with Crippen LogP contribution in [0.1, 0.15) is 18.4 Å². The smallest absolute Gasteiger partial charge is 0.326 e. The van der Waals surface area contributed by atoms with Gasteiger partial charge in [-0.2, -0.15) is 8.42 Å². The van der Waals surface area contributed by atoms with Crippen molar-refractivity contribution < 1.29 is 31.5 Å². The zero-order valence-electron chi connectivity index (χ0n) is 14.6. The Hall–Kier alpha value is -2.21. The maximum Gasteiger partial charge on any atom is 0.326 e. The highest BCUT2D eigenvalue weighted by Gasteiger charge is 2.45. The first-order chi connectivity index (χ1) is 13.1. The fraction of sp³-hybridized carbons (Fsp3) is 0.562. The van der Waals surface area contributed by atoms with Crippen molar-refractivity contribution in [2.75, 3.05) is 29.3 Å². The molecule has 2 fully saturated rings. The molecule has 4 rings (SSSR count). The molecule has 1 saturated carbocycles. The largest absolute Gasteiger partial charge is 0.506 e. The van der Waals surface area contributed by atoms with Crippen LogP contribution in [-0.4, -0.2) is 51.0 Å². The number of halogens is 3. The number of nitrogens with one attached hydrogen (secondary N) is 3. The molecular weight excluding hydrogens is 401 g/mol. The number of carbonyl (C=O) groups excluding carboxylic acids is 1. The molecular formula is C16H19F3N4O4S. The summed E-state index contributed by atoms with van der Waals surface area (Å²) >= 11 is 0. The predicted molar refractivity (Wildman–Crippen MR) is 94.1 cm³/mol. The first kappa shape index (κ1) is 19.1. The first-order valence-electron chi connectivity index (χ1n) is 8.78. The van der Waals surface area contributed by atoms with Gasteiger partial charge < -0.3 is 15.7 Å². The number of phenolic OH excluding ortho intramolecular Hbond substituents is 1. The van der Waals surface area contributed by atoms with Crippen LogP contribution in [0.4, 0.5) is 24.5 Å². The molecule has 154 valence electrons. The molecule has 1 aromatic rings. The molecule has 3 aliphatic rings. The number of hydrogen-bond acceptors (Lipinski definition) is 6. The lowest BCUT2D eigenvalue weighted by atomic mass is 9.81. The lowest BCUT2D eigenvalue weighted by molar-refractivity contribution is -0.117. The lowest BCUT2D eigenvalue weighted by Crippen LogP contribution is -2.43. The summed E-state index contributed by atoms with van der Waals surface area (Å²) in [5, 5.41) is 16.3. The van der Waals surface area contributed by atoms with Crippen molar-refractivity contribution in [2.45, 2.75) is 31.2 Å². The highest BCUT2D eigenvalue weighted by atomic mass is 32.2. The molecule has 28 heavy (non-hydrogen) atoms. The van der Waals surface area contributed by atoms with E-state index in [4.69, 9.17) is 0 Å². The second-order valence-corrected chi connectivity index (χ2v) is 9.05. The average Bonchev–Trinajstić information content (AvgIpc) is 3.05. The number of anilines is 2. The van der Waals surface area contributed by atoms with Gasteiger partial charge in [0, 0.05) is 42.7 Å². The summed E-state index contributed by atoms with van der Waals surface area (Å²) in [7, 11) is -4.26. The van der Waals surface area contributed by atoms with Crippen molar-refractivity contribution in [3.05, 3.63) is 17.4 Å². The van der Waals surface area contributed by atoms with Crippen molar-refractivity contribution in [3.63, 3.8) is 0 Å². The topological polar surface area (TPSA) is 111 Å². The molecule has 1 aromatic carbocycles. The van der Waals surface area contributed by atoms with E-state index in [0.29, 0.717) is 23.1 Å². The summed E-state index contributed by atoms with van der Waals surface area (Å²) in [5.41, 5.74) is -0.0369. The number of hydrogen-bond donors (Lipinski definition) is 4. The summed E-state index contributed by atoms with van der Waals surface area (Å²) in [4.78, 5) is 11.4. The molecule has 0 unspecified atom stereocenters. The predicted octanol–water partition coefficient (Wildman–Crippen LogP) is 0.684. The fourth-order valence-electron chi connectivity index (χ4n) is 3.91. The summed E-state index contributed by atoms with van der Waals surface area (Å²) in [6, 6.07) is 0.980. The Labute approximate surface area is 159 Å². The molecule has 0 aromatic heterocycles. The maximum atomic E-state index is 15.0. The Morgan fingerprint density at radius 3 is 2.64 bits per heavy atom. The Morgan fingerprint density at radius 1 is 1.32 bits per heavy atom. The SMILES string of the molecule is O=C1CN(c2c(O)cc3c(c2F)C[C@H](CNCC2CC(F)(F)C2)N3)S(=O)(=O)N1. The number of aromatic hydroxyl groups is 1. The van der Waals surface area contributed by atoms with Gasteiger partial charge in [-0.15, -0.1) is 0 Å². The van der Waals surface area contributed by atoms with Gasteiger partial charge in [0.1, 0.15) is 18.0 Å². The first-order valence-corrected chi connectivity index (χ1v) is 10.2. The number of amides is 1. The number of rotatable bonds is 5. The molecule has 0 spiro atoms. The van der Waals surface area contributed by atoms with E-state index in [-0.39, 0.29) is 36.8 Å². The second-order valence-electron chi connectivity index (χ2n) is 7.46. The van der Waals surface area contributed by atoms with E-state index in [1.807, 2.05) is 0 Å². The van der Waals surface area contributed by atoms with Crippen molar-refractivity contribution in [3.8, 4) is 5.75 Å². The van der Waals surface area contributed by atoms with E-state index in [1.165, 1.54) is 6.07 Å².